The monoisotopic (exact) mass is 414 g/mol. The molecule has 2 aromatic heterocycles. The van der Waals surface area contributed by atoms with Crippen LogP contribution in [0.5, 0.6) is 5.75 Å². The third kappa shape index (κ3) is 4.85. The van der Waals surface area contributed by atoms with Gasteiger partial charge < -0.3 is 9.84 Å². The first-order chi connectivity index (χ1) is 13.9. The number of benzene rings is 1. The molecule has 0 saturated heterocycles. The average molecular weight is 414 g/mol. The Balaban J connectivity index is 1.83. The van der Waals surface area contributed by atoms with E-state index in [9.17, 15) is 19.5 Å². The molecule has 3 rings (SSSR count). The smallest absolute Gasteiger partial charge is 0.311 e. The molecule has 2 heterocycles. The number of rotatable bonds is 6. The van der Waals surface area contributed by atoms with Gasteiger partial charge in [0.05, 0.1) is 24.4 Å². The molecule has 10 heteroatoms. The quantitative estimate of drug-likeness (QED) is 0.592. The maximum Gasteiger partial charge on any atom is 0.311 e. The van der Waals surface area contributed by atoms with Crippen LogP contribution in [0.2, 0.25) is 0 Å². The van der Waals surface area contributed by atoms with Crippen LogP contribution in [0.4, 0.5) is 5.13 Å². The molecule has 2 N–H and O–H groups in total. The summed E-state index contributed by atoms with van der Waals surface area (Å²) in [5.41, 5.74) is 0.928. The van der Waals surface area contributed by atoms with Gasteiger partial charge in [0.15, 0.2) is 16.6 Å². The van der Waals surface area contributed by atoms with Gasteiger partial charge in [0, 0.05) is 11.4 Å². The van der Waals surface area contributed by atoms with Crippen LogP contribution in [0.1, 0.15) is 28.7 Å². The van der Waals surface area contributed by atoms with E-state index in [1.165, 1.54) is 0 Å². The molecular weight excluding hydrogens is 396 g/mol. The Bertz CT molecular complexity index is 1120. The van der Waals surface area contributed by atoms with Crippen molar-refractivity contribution in [2.24, 2.45) is 0 Å². The van der Waals surface area contributed by atoms with E-state index in [1.54, 1.807) is 30.5 Å². The highest BCUT2D eigenvalue weighted by atomic mass is 32.1. The fourth-order valence-corrected chi connectivity index (χ4v) is 3.22. The standard InChI is InChI=1S/C19H18N4O5S/c1-3-28-16(26)8-12-10-29-19(20-12)21-18(27)17-14(24)9-15(25)23(22-17)13-6-4-5-11(2)7-13/h4-7,9-10,24H,3,8H2,1-2H3,(H,20,21,27). The predicted molar refractivity (Wildman–Crippen MR) is 107 cm³/mol. The third-order valence-electron chi connectivity index (χ3n) is 3.78. The van der Waals surface area contributed by atoms with E-state index < -0.39 is 23.2 Å². The maximum atomic E-state index is 12.6. The van der Waals surface area contributed by atoms with E-state index in [-0.39, 0.29) is 23.9 Å². The van der Waals surface area contributed by atoms with E-state index in [2.05, 4.69) is 15.4 Å². The minimum Gasteiger partial charge on any atom is -0.505 e. The zero-order chi connectivity index (χ0) is 21.0. The molecule has 150 valence electrons. The molecule has 3 aromatic rings. The predicted octanol–water partition coefficient (Wildman–Crippen LogP) is 2.06. The second kappa shape index (κ2) is 8.65. The number of nitrogens with zero attached hydrogens (tertiary/aromatic N) is 3. The Morgan fingerprint density at radius 2 is 2.10 bits per heavy atom. The van der Waals surface area contributed by atoms with E-state index in [1.807, 2.05) is 13.0 Å². The van der Waals surface area contributed by atoms with Crippen LogP contribution in [0.3, 0.4) is 0 Å². The highest BCUT2D eigenvalue weighted by Gasteiger charge is 2.19. The van der Waals surface area contributed by atoms with Crippen LogP contribution in [-0.2, 0) is 16.0 Å². The number of carbonyl (C=O) groups is 2. The molecule has 0 bridgehead atoms. The Kier molecular flexibility index (Phi) is 6.03. The van der Waals surface area contributed by atoms with Gasteiger partial charge in [-0.3, -0.25) is 19.7 Å². The van der Waals surface area contributed by atoms with E-state index in [4.69, 9.17) is 4.74 Å². The summed E-state index contributed by atoms with van der Waals surface area (Å²) < 4.78 is 5.90. The van der Waals surface area contributed by atoms with Gasteiger partial charge >= 0.3 is 5.97 Å². The number of aromatic hydroxyl groups is 1. The number of nitrogens with one attached hydrogen (secondary N) is 1. The van der Waals surface area contributed by atoms with Crippen molar-refractivity contribution < 1.29 is 19.4 Å². The highest BCUT2D eigenvalue weighted by molar-refractivity contribution is 7.14. The molecule has 0 radical (unpaired) electrons. The summed E-state index contributed by atoms with van der Waals surface area (Å²) in [6.07, 6.45) is -0.0120. The summed E-state index contributed by atoms with van der Waals surface area (Å²) >= 11 is 1.12. The van der Waals surface area contributed by atoms with Crippen molar-refractivity contribution in [1.82, 2.24) is 14.8 Å². The SMILES string of the molecule is CCOC(=O)Cc1csc(NC(=O)c2nn(-c3cccc(C)c3)c(=O)cc2O)n1. The number of hydrogen-bond donors (Lipinski definition) is 2. The first-order valence-electron chi connectivity index (χ1n) is 8.69. The van der Waals surface area contributed by atoms with Crippen molar-refractivity contribution in [3.8, 4) is 11.4 Å². The summed E-state index contributed by atoms with van der Waals surface area (Å²) in [6.45, 7) is 3.84. The lowest BCUT2D eigenvalue weighted by molar-refractivity contribution is -0.142. The summed E-state index contributed by atoms with van der Waals surface area (Å²) in [7, 11) is 0. The van der Waals surface area contributed by atoms with Crippen LogP contribution >= 0.6 is 11.3 Å². The molecule has 0 unspecified atom stereocenters. The van der Waals surface area contributed by atoms with Gasteiger partial charge in [-0.05, 0) is 31.5 Å². The highest BCUT2D eigenvalue weighted by Crippen LogP contribution is 2.19. The van der Waals surface area contributed by atoms with Gasteiger partial charge in [0.2, 0.25) is 0 Å². The number of aryl methyl sites for hydroxylation is 1. The van der Waals surface area contributed by atoms with Crippen LogP contribution in [0, 0.1) is 6.92 Å². The van der Waals surface area contributed by atoms with Crippen molar-refractivity contribution in [3.05, 3.63) is 63.0 Å². The van der Waals surface area contributed by atoms with Gasteiger partial charge in [-0.2, -0.15) is 9.78 Å². The average Bonchev–Trinajstić information content (AvgIpc) is 3.08. The van der Waals surface area contributed by atoms with Crippen molar-refractivity contribution in [2.45, 2.75) is 20.3 Å². The summed E-state index contributed by atoms with van der Waals surface area (Å²) in [5.74, 6) is -1.69. The zero-order valence-corrected chi connectivity index (χ0v) is 16.5. The van der Waals surface area contributed by atoms with Crippen molar-refractivity contribution in [3.63, 3.8) is 0 Å². The first-order valence-corrected chi connectivity index (χ1v) is 9.57. The number of hydrogen-bond acceptors (Lipinski definition) is 8. The Morgan fingerprint density at radius 1 is 1.31 bits per heavy atom. The first kappa shape index (κ1) is 20.2. The molecule has 0 aliphatic heterocycles. The van der Waals surface area contributed by atoms with Crippen LogP contribution < -0.4 is 10.9 Å². The fourth-order valence-electron chi connectivity index (χ4n) is 2.52. The van der Waals surface area contributed by atoms with E-state index >= 15 is 0 Å². The molecule has 1 amide bonds. The Labute approximate surface area is 169 Å². The minimum atomic E-state index is -0.735. The number of amides is 1. The molecule has 0 fully saturated rings. The molecule has 0 spiro atoms. The van der Waals surface area contributed by atoms with Gasteiger partial charge in [0.1, 0.15) is 0 Å². The fraction of sp³-hybridized carbons (Fsp3) is 0.211. The normalized spacial score (nSPS) is 10.6. The van der Waals surface area contributed by atoms with Crippen LogP contribution in [0.25, 0.3) is 5.69 Å². The van der Waals surface area contributed by atoms with Crippen LogP contribution in [-0.4, -0.2) is 38.4 Å². The number of thiazole rings is 1. The lowest BCUT2D eigenvalue weighted by Crippen LogP contribution is -2.25. The minimum absolute atomic E-state index is 0.0120. The molecule has 1 aromatic carbocycles. The number of aromatic nitrogens is 3. The molecule has 0 atom stereocenters. The van der Waals surface area contributed by atoms with Gasteiger partial charge in [-0.15, -0.1) is 11.3 Å². The number of esters is 1. The number of ether oxygens (including phenoxy) is 1. The van der Waals surface area contributed by atoms with E-state index in [0.717, 1.165) is 27.6 Å². The molecular formula is C19H18N4O5S. The van der Waals surface area contributed by atoms with Crippen molar-refractivity contribution in [2.75, 3.05) is 11.9 Å². The molecule has 0 saturated carbocycles. The Hall–Kier alpha value is -3.53. The molecule has 0 aliphatic carbocycles. The van der Waals surface area contributed by atoms with E-state index in [0.29, 0.717) is 11.4 Å². The lowest BCUT2D eigenvalue weighted by Gasteiger charge is -2.09. The topological polar surface area (TPSA) is 123 Å². The zero-order valence-electron chi connectivity index (χ0n) is 15.7. The maximum absolute atomic E-state index is 12.6. The largest absolute Gasteiger partial charge is 0.505 e. The Morgan fingerprint density at radius 3 is 2.83 bits per heavy atom. The second-order valence-corrected chi connectivity index (χ2v) is 6.91. The number of carbonyl (C=O) groups excluding carboxylic acids is 2. The van der Waals surface area contributed by atoms with Gasteiger partial charge in [0.25, 0.3) is 11.5 Å². The van der Waals surface area contributed by atoms with Gasteiger partial charge in [-0.1, -0.05) is 12.1 Å². The molecule has 29 heavy (non-hydrogen) atoms. The summed E-state index contributed by atoms with van der Waals surface area (Å²) in [6, 6.07) is 7.95. The molecule has 9 nitrogen and oxygen atoms in total. The van der Waals surface area contributed by atoms with Gasteiger partial charge in [-0.25, -0.2) is 4.98 Å². The lowest BCUT2D eigenvalue weighted by atomic mass is 10.2. The number of anilines is 1. The second-order valence-electron chi connectivity index (χ2n) is 6.05. The van der Waals surface area contributed by atoms with Crippen LogP contribution in [0.15, 0.2) is 40.5 Å². The summed E-state index contributed by atoms with van der Waals surface area (Å²) in [4.78, 5) is 40.4. The molecule has 0 aliphatic rings. The summed E-state index contributed by atoms with van der Waals surface area (Å²) in [5, 5.41) is 18.4. The third-order valence-corrected chi connectivity index (χ3v) is 4.58. The van der Waals surface area contributed by atoms with Crippen molar-refractivity contribution in [1.29, 1.82) is 0 Å². The van der Waals surface area contributed by atoms with Crippen molar-refractivity contribution >= 4 is 28.3 Å².